The average molecular weight is 335 g/mol. The lowest BCUT2D eigenvalue weighted by atomic mass is 10.2. The molecule has 0 aliphatic carbocycles. The van der Waals surface area contributed by atoms with Gasteiger partial charge in [-0.3, -0.25) is 0 Å². The van der Waals surface area contributed by atoms with Gasteiger partial charge in [-0.15, -0.1) is 11.8 Å². The van der Waals surface area contributed by atoms with Crippen molar-refractivity contribution in [3.05, 3.63) is 28.8 Å². The second kappa shape index (κ2) is 10.9. The Morgan fingerprint density at radius 1 is 1.19 bits per heavy atom. The molecule has 1 N–H and O–H groups in total. The monoisotopic (exact) mass is 334 g/mol. The zero-order valence-electron chi connectivity index (χ0n) is 11.8. The number of carboxylic acid groups (broad SMARTS) is 1. The maximum Gasteiger partial charge on any atom is 0.337 e. The molecule has 5 nitrogen and oxygen atoms in total. The molecule has 1 aromatic carbocycles. The van der Waals surface area contributed by atoms with Crippen molar-refractivity contribution < 1.29 is 24.1 Å². The number of hydrogen-bond donors (Lipinski definition) is 1. The summed E-state index contributed by atoms with van der Waals surface area (Å²) in [5.41, 5.74) is 0.120. The first kappa shape index (κ1) is 18.3. The third-order valence-electron chi connectivity index (χ3n) is 2.47. The number of halogens is 1. The summed E-state index contributed by atoms with van der Waals surface area (Å²) in [7, 11) is 1.63. The van der Waals surface area contributed by atoms with Crippen molar-refractivity contribution in [1.29, 1.82) is 0 Å². The number of methoxy groups -OCH3 is 1. The molecule has 1 rings (SSSR count). The number of rotatable bonds is 11. The molecule has 1 aromatic rings. The van der Waals surface area contributed by atoms with Gasteiger partial charge >= 0.3 is 5.97 Å². The zero-order valence-corrected chi connectivity index (χ0v) is 13.4. The predicted molar refractivity (Wildman–Crippen MR) is 82.6 cm³/mol. The van der Waals surface area contributed by atoms with Gasteiger partial charge in [-0.2, -0.15) is 0 Å². The van der Waals surface area contributed by atoms with Crippen LogP contribution in [0.5, 0.6) is 0 Å². The van der Waals surface area contributed by atoms with E-state index in [4.69, 9.17) is 30.9 Å². The van der Waals surface area contributed by atoms with Gasteiger partial charge in [0.25, 0.3) is 0 Å². The highest BCUT2D eigenvalue weighted by atomic mass is 35.5. The summed E-state index contributed by atoms with van der Waals surface area (Å²) >= 11 is 7.33. The highest BCUT2D eigenvalue weighted by molar-refractivity contribution is 7.99. The van der Waals surface area contributed by atoms with Crippen LogP contribution in [0, 0.1) is 0 Å². The number of aromatic carboxylic acids is 1. The highest BCUT2D eigenvalue weighted by Gasteiger charge is 2.09. The standard InChI is InChI=1S/C14H19ClO5S/c1-18-4-5-19-6-7-20-8-9-21-11-2-3-13(15)12(10-11)14(16)17/h2-3,10H,4-9H2,1H3,(H,16,17). The van der Waals surface area contributed by atoms with Crippen LogP contribution in [0.15, 0.2) is 23.1 Å². The minimum Gasteiger partial charge on any atom is -0.478 e. The second-order valence-corrected chi connectivity index (χ2v) is 5.59. The number of carboxylic acids is 1. The highest BCUT2D eigenvalue weighted by Crippen LogP contribution is 2.24. The van der Waals surface area contributed by atoms with Crippen LogP contribution in [-0.4, -0.2) is 57.0 Å². The van der Waals surface area contributed by atoms with Gasteiger partial charge in [-0.05, 0) is 18.2 Å². The molecule has 0 bridgehead atoms. The molecule has 0 heterocycles. The first-order valence-corrected chi connectivity index (χ1v) is 7.81. The Hall–Kier alpha value is -0.790. The van der Waals surface area contributed by atoms with Gasteiger partial charge in [0.2, 0.25) is 0 Å². The number of carbonyl (C=O) groups is 1. The largest absolute Gasteiger partial charge is 0.478 e. The van der Waals surface area contributed by atoms with E-state index in [1.165, 1.54) is 11.8 Å². The number of benzene rings is 1. The van der Waals surface area contributed by atoms with Gasteiger partial charge in [0.1, 0.15) is 0 Å². The van der Waals surface area contributed by atoms with Crippen LogP contribution >= 0.6 is 23.4 Å². The summed E-state index contributed by atoms with van der Waals surface area (Å²) in [4.78, 5) is 11.8. The maximum atomic E-state index is 11.0. The molecule has 0 aliphatic rings. The van der Waals surface area contributed by atoms with E-state index in [1.807, 2.05) is 0 Å². The quantitative estimate of drug-likeness (QED) is 0.496. The zero-order chi connectivity index (χ0) is 15.5. The molecule has 0 unspecified atom stereocenters. The van der Waals surface area contributed by atoms with E-state index in [2.05, 4.69) is 0 Å². The fraction of sp³-hybridized carbons (Fsp3) is 0.500. The van der Waals surface area contributed by atoms with E-state index in [1.54, 1.807) is 25.3 Å². The molecular weight excluding hydrogens is 316 g/mol. The van der Waals surface area contributed by atoms with Crippen LogP contribution in [0.4, 0.5) is 0 Å². The third-order valence-corrected chi connectivity index (χ3v) is 3.76. The smallest absolute Gasteiger partial charge is 0.337 e. The van der Waals surface area contributed by atoms with Crippen molar-refractivity contribution >= 4 is 29.3 Å². The van der Waals surface area contributed by atoms with Crippen molar-refractivity contribution in [2.75, 3.05) is 45.9 Å². The molecule has 0 amide bonds. The summed E-state index contributed by atoms with van der Waals surface area (Å²) in [5.74, 6) is -0.286. The Kier molecular flexibility index (Phi) is 9.45. The molecule has 21 heavy (non-hydrogen) atoms. The Bertz CT molecular complexity index is 441. The Balaban J connectivity index is 2.16. The molecule has 7 heteroatoms. The van der Waals surface area contributed by atoms with Crippen LogP contribution in [0.3, 0.4) is 0 Å². The average Bonchev–Trinajstić information content (AvgIpc) is 2.47. The predicted octanol–water partition coefficient (Wildman–Crippen LogP) is 2.81. The Morgan fingerprint density at radius 2 is 1.86 bits per heavy atom. The second-order valence-electron chi connectivity index (χ2n) is 4.01. The van der Waals surface area contributed by atoms with Crippen LogP contribution in [0.2, 0.25) is 5.02 Å². The molecule has 0 radical (unpaired) electrons. The fourth-order valence-corrected chi connectivity index (χ4v) is 2.44. The lowest BCUT2D eigenvalue weighted by molar-refractivity contribution is 0.0286. The minimum absolute atomic E-state index is 0.120. The lowest BCUT2D eigenvalue weighted by Gasteiger charge is -2.06. The topological polar surface area (TPSA) is 65.0 Å². The van der Waals surface area contributed by atoms with Crippen LogP contribution in [-0.2, 0) is 14.2 Å². The van der Waals surface area contributed by atoms with Crippen molar-refractivity contribution in [2.24, 2.45) is 0 Å². The van der Waals surface area contributed by atoms with Crippen molar-refractivity contribution in [3.8, 4) is 0 Å². The molecule has 0 aromatic heterocycles. The van der Waals surface area contributed by atoms with Gasteiger partial charge in [-0.1, -0.05) is 11.6 Å². The summed E-state index contributed by atoms with van der Waals surface area (Å²) in [5, 5.41) is 9.23. The van der Waals surface area contributed by atoms with Crippen LogP contribution in [0.1, 0.15) is 10.4 Å². The lowest BCUT2D eigenvalue weighted by Crippen LogP contribution is -2.09. The van der Waals surface area contributed by atoms with Gasteiger partial charge in [-0.25, -0.2) is 4.79 Å². The molecule has 0 atom stereocenters. The number of ether oxygens (including phenoxy) is 3. The van der Waals surface area contributed by atoms with Gasteiger partial charge in [0.15, 0.2) is 0 Å². The molecule has 0 saturated heterocycles. The van der Waals surface area contributed by atoms with Crippen LogP contribution < -0.4 is 0 Å². The maximum absolute atomic E-state index is 11.0. The third kappa shape index (κ3) is 7.68. The van der Waals surface area contributed by atoms with E-state index in [9.17, 15) is 4.79 Å². The first-order chi connectivity index (χ1) is 10.1. The number of hydrogen-bond acceptors (Lipinski definition) is 5. The molecule has 0 fully saturated rings. The van der Waals surface area contributed by atoms with Crippen LogP contribution in [0.25, 0.3) is 0 Å². The molecule has 0 aliphatic heterocycles. The van der Waals surface area contributed by atoms with Gasteiger partial charge in [0.05, 0.1) is 43.6 Å². The van der Waals surface area contributed by atoms with E-state index in [0.29, 0.717) is 33.0 Å². The fourth-order valence-electron chi connectivity index (χ4n) is 1.44. The molecular formula is C14H19ClO5S. The summed E-state index contributed by atoms with van der Waals surface area (Å²) in [6, 6.07) is 4.97. The normalized spacial score (nSPS) is 10.8. The van der Waals surface area contributed by atoms with E-state index in [0.717, 1.165) is 10.6 Å². The molecule has 0 spiro atoms. The van der Waals surface area contributed by atoms with E-state index < -0.39 is 5.97 Å². The SMILES string of the molecule is COCCOCCOCCSc1ccc(Cl)c(C(=O)O)c1. The van der Waals surface area contributed by atoms with Crippen molar-refractivity contribution in [1.82, 2.24) is 0 Å². The number of thioether (sulfide) groups is 1. The summed E-state index contributed by atoms with van der Waals surface area (Å²) < 4.78 is 15.5. The van der Waals surface area contributed by atoms with Gasteiger partial charge < -0.3 is 19.3 Å². The van der Waals surface area contributed by atoms with Gasteiger partial charge in [0, 0.05) is 17.8 Å². The van der Waals surface area contributed by atoms with Crippen molar-refractivity contribution in [3.63, 3.8) is 0 Å². The Labute approximate surface area is 133 Å². The first-order valence-electron chi connectivity index (χ1n) is 6.45. The van der Waals surface area contributed by atoms with Crippen molar-refractivity contribution in [2.45, 2.75) is 4.90 Å². The Morgan fingerprint density at radius 3 is 2.52 bits per heavy atom. The molecule has 0 saturated carbocycles. The van der Waals surface area contributed by atoms with E-state index in [-0.39, 0.29) is 10.6 Å². The molecule has 118 valence electrons. The summed E-state index contributed by atoms with van der Waals surface area (Å²) in [6.45, 7) is 2.79. The minimum atomic E-state index is -1.02. The summed E-state index contributed by atoms with van der Waals surface area (Å²) in [6.07, 6.45) is 0. The van der Waals surface area contributed by atoms with E-state index >= 15 is 0 Å².